The van der Waals surface area contributed by atoms with E-state index >= 15 is 0 Å². The highest BCUT2D eigenvalue weighted by Crippen LogP contribution is 2.21. The van der Waals surface area contributed by atoms with Gasteiger partial charge >= 0.3 is 5.97 Å². The second-order valence-corrected chi connectivity index (χ2v) is 8.35. The molecule has 0 radical (unpaired) electrons. The Morgan fingerprint density at radius 3 is 2.35 bits per heavy atom. The first-order valence-corrected chi connectivity index (χ1v) is 10.4. The van der Waals surface area contributed by atoms with E-state index in [1.807, 2.05) is 0 Å². The number of halogens is 3. The zero-order chi connectivity index (χ0) is 22.6. The third-order valence-electron chi connectivity index (χ3n) is 4.30. The summed E-state index contributed by atoms with van der Waals surface area (Å²) in [4.78, 5) is 23.7. The fourth-order valence-corrected chi connectivity index (χ4v) is 4.17. The maximum absolute atomic E-state index is 14.1. The molecule has 2 aromatic carbocycles. The Balaban J connectivity index is 1.67. The molecule has 31 heavy (non-hydrogen) atoms. The van der Waals surface area contributed by atoms with Crippen LogP contribution in [0.15, 0.2) is 41.3 Å². The van der Waals surface area contributed by atoms with E-state index in [2.05, 4.69) is 5.32 Å². The van der Waals surface area contributed by atoms with Gasteiger partial charge in [-0.3, -0.25) is 4.79 Å². The zero-order valence-electron chi connectivity index (χ0n) is 15.9. The number of carbonyl (C=O) groups is 2. The molecule has 1 aliphatic heterocycles. The normalized spacial score (nSPS) is 14.8. The molecule has 0 atom stereocenters. The summed E-state index contributed by atoms with van der Waals surface area (Å²) >= 11 is 0. The van der Waals surface area contributed by atoms with Gasteiger partial charge in [-0.15, -0.1) is 0 Å². The number of ether oxygens (including phenoxy) is 2. The zero-order valence-corrected chi connectivity index (χ0v) is 16.8. The van der Waals surface area contributed by atoms with E-state index in [1.165, 1.54) is 0 Å². The molecule has 0 unspecified atom stereocenters. The quantitative estimate of drug-likeness (QED) is 0.664. The molecule has 0 bridgehead atoms. The molecule has 8 nitrogen and oxygen atoms in total. The Labute approximate surface area is 175 Å². The van der Waals surface area contributed by atoms with E-state index in [1.54, 1.807) is 0 Å². The number of rotatable bonds is 6. The van der Waals surface area contributed by atoms with Crippen LogP contribution in [0.5, 0.6) is 0 Å². The summed E-state index contributed by atoms with van der Waals surface area (Å²) in [7, 11) is -3.98. The molecule has 2 aromatic rings. The number of amides is 1. The van der Waals surface area contributed by atoms with Gasteiger partial charge in [-0.1, -0.05) is 0 Å². The van der Waals surface area contributed by atoms with Crippen molar-refractivity contribution in [2.75, 3.05) is 38.2 Å². The smallest absolute Gasteiger partial charge is 0.341 e. The lowest BCUT2D eigenvalue weighted by atomic mass is 10.2. The minimum atomic E-state index is -3.98. The van der Waals surface area contributed by atoms with Crippen molar-refractivity contribution in [2.45, 2.75) is 4.90 Å². The van der Waals surface area contributed by atoms with Crippen LogP contribution in [0.25, 0.3) is 0 Å². The van der Waals surface area contributed by atoms with E-state index in [0.717, 1.165) is 40.7 Å². The van der Waals surface area contributed by atoms with Crippen molar-refractivity contribution >= 4 is 27.6 Å². The number of hydrogen-bond acceptors (Lipinski definition) is 6. The van der Waals surface area contributed by atoms with Crippen LogP contribution in [-0.4, -0.2) is 57.5 Å². The van der Waals surface area contributed by atoms with Crippen LogP contribution in [0.3, 0.4) is 0 Å². The summed E-state index contributed by atoms with van der Waals surface area (Å²) in [6.45, 7) is -0.213. The van der Waals surface area contributed by atoms with Crippen LogP contribution in [0, 0.1) is 17.5 Å². The Morgan fingerprint density at radius 2 is 1.68 bits per heavy atom. The first kappa shape index (κ1) is 22.7. The summed E-state index contributed by atoms with van der Waals surface area (Å²) in [6.07, 6.45) is 0. The number of nitrogens with zero attached hydrogens (tertiary/aromatic N) is 1. The molecule has 1 fully saturated rings. The van der Waals surface area contributed by atoms with Crippen molar-refractivity contribution in [3.8, 4) is 0 Å². The maximum Gasteiger partial charge on any atom is 0.341 e. The van der Waals surface area contributed by atoms with E-state index in [0.29, 0.717) is 0 Å². The monoisotopic (exact) mass is 458 g/mol. The first-order valence-electron chi connectivity index (χ1n) is 8.98. The molecule has 1 aliphatic rings. The van der Waals surface area contributed by atoms with Crippen LogP contribution < -0.4 is 5.32 Å². The second kappa shape index (κ2) is 9.45. The fraction of sp³-hybridized carbons (Fsp3) is 0.263. The molecule has 1 amide bonds. The number of nitrogens with one attached hydrogen (secondary N) is 1. The van der Waals surface area contributed by atoms with Crippen molar-refractivity contribution < 1.29 is 40.7 Å². The van der Waals surface area contributed by atoms with Crippen LogP contribution in [0.1, 0.15) is 10.4 Å². The van der Waals surface area contributed by atoms with Crippen molar-refractivity contribution in [1.82, 2.24) is 4.31 Å². The minimum absolute atomic E-state index is 0.0790. The van der Waals surface area contributed by atoms with Gasteiger partial charge in [0.15, 0.2) is 18.2 Å². The lowest BCUT2D eigenvalue weighted by molar-refractivity contribution is -0.119. The van der Waals surface area contributed by atoms with Gasteiger partial charge in [0.2, 0.25) is 10.0 Å². The van der Waals surface area contributed by atoms with Gasteiger partial charge in [0.25, 0.3) is 5.91 Å². The Morgan fingerprint density at radius 1 is 1.00 bits per heavy atom. The Hall–Kier alpha value is -2.96. The first-order chi connectivity index (χ1) is 14.7. The highest BCUT2D eigenvalue weighted by Gasteiger charge is 2.28. The average molecular weight is 458 g/mol. The Kier molecular flexibility index (Phi) is 6.93. The lowest BCUT2D eigenvalue weighted by Gasteiger charge is -2.26. The number of anilines is 1. The second-order valence-electron chi connectivity index (χ2n) is 6.41. The summed E-state index contributed by atoms with van der Waals surface area (Å²) in [6, 6.07) is 5.28. The van der Waals surface area contributed by atoms with E-state index in [-0.39, 0.29) is 36.9 Å². The molecule has 166 valence electrons. The summed E-state index contributed by atoms with van der Waals surface area (Å²) in [5, 5.41) is 2.18. The number of benzene rings is 2. The highest BCUT2D eigenvalue weighted by molar-refractivity contribution is 7.89. The third-order valence-corrected chi connectivity index (χ3v) is 6.20. The van der Waals surface area contributed by atoms with Gasteiger partial charge in [0.1, 0.15) is 5.82 Å². The predicted octanol–water partition coefficient (Wildman–Crippen LogP) is 1.92. The van der Waals surface area contributed by atoms with Crippen molar-refractivity contribution in [2.24, 2.45) is 0 Å². The number of esters is 1. The summed E-state index contributed by atoms with van der Waals surface area (Å²) in [5.41, 5.74) is -0.750. The highest BCUT2D eigenvalue weighted by atomic mass is 32.2. The van der Waals surface area contributed by atoms with Crippen LogP contribution in [-0.2, 0) is 24.3 Å². The van der Waals surface area contributed by atoms with Gasteiger partial charge in [0, 0.05) is 24.8 Å². The summed E-state index contributed by atoms with van der Waals surface area (Å²) in [5.74, 6) is -5.48. The van der Waals surface area contributed by atoms with E-state index in [9.17, 15) is 31.2 Å². The number of sulfonamides is 1. The molecule has 1 N–H and O–H groups in total. The number of carbonyl (C=O) groups excluding carboxylic acids is 2. The molecule has 1 heterocycles. The number of hydrogen-bond donors (Lipinski definition) is 1. The SMILES string of the molecule is O=C(COC(=O)c1cc(S(=O)(=O)N2CCOCC2)ccc1F)Nc1ccc(F)c(F)c1. The van der Waals surface area contributed by atoms with Gasteiger partial charge < -0.3 is 14.8 Å². The molecule has 1 saturated heterocycles. The Bertz CT molecular complexity index is 1100. The van der Waals surface area contributed by atoms with Gasteiger partial charge in [0.05, 0.1) is 23.7 Å². The topological polar surface area (TPSA) is 102 Å². The van der Waals surface area contributed by atoms with Crippen LogP contribution in [0.2, 0.25) is 0 Å². The molecule has 0 spiro atoms. The van der Waals surface area contributed by atoms with Crippen molar-refractivity contribution in [3.63, 3.8) is 0 Å². The lowest BCUT2D eigenvalue weighted by Crippen LogP contribution is -2.40. The van der Waals surface area contributed by atoms with Gasteiger partial charge in [-0.05, 0) is 30.3 Å². The predicted molar refractivity (Wildman–Crippen MR) is 101 cm³/mol. The van der Waals surface area contributed by atoms with Crippen LogP contribution >= 0.6 is 0 Å². The molecule has 0 saturated carbocycles. The molecule has 0 aliphatic carbocycles. The van der Waals surface area contributed by atoms with Crippen molar-refractivity contribution in [1.29, 1.82) is 0 Å². The number of morpholine rings is 1. The molecular weight excluding hydrogens is 441 g/mol. The maximum atomic E-state index is 14.1. The molecule has 3 rings (SSSR count). The van der Waals surface area contributed by atoms with Gasteiger partial charge in [-0.25, -0.2) is 26.4 Å². The van der Waals surface area contributed by atoms with E-state index in [4.69, 9.17) is 9.47 Å². The summed E-state index contributed by atoms with van der Waals surface area (Å²) < 4.78 is 76.5. The molecule has 12 heteroatoms. The average Bonchev–Trinajstić information content (AvgIpc) is 2.75. The van der Waals surface area contributed by atoms with Crippen LogP contribution in [0.4, 0.5) is 18.9 Å². The molecular formula is C19H17F3N2O6S. The van der Waals surface area contributed by atoms with E-state index < -0.39 is 51.5 Å². The standard InChI is InChI=1S/C19H17F3N2O6S/c20-15-4-2-13(31(27,28)24-5-7-29-8-6-24)10-14(15)19(26)30-11-18(25)23-12-1-3-16(21)17(22)9-12/h1-4,9-10H,5-8,11H2,(H,23,25). The fourth-order valence-electron chi connectivity index (χ4n) is 2.74. The minimum Gasteiger partial charge on any atom is -0.452 e. The van der Waals surface area contributed by atoms with Crippen molar-refractivity contribution in [3.05, 3.63) is 59.4 Å². The molecule has 0 aromatic heterocycles. The third kappa shape index (κ3) is 5.40. The van der Waals surface area contributed by atoms with Gasteiger partial charge in [-0.2, -0.15) is 4.31 Å². The largest absolute Gasteiger partial charge is 0.452 e.